The first-order valence-corrected chi connectivity index (χ1v) is 8.26. The molecule has 0 spiro atoms. The number of hydrogen-bond donors (Lipinski definition) is 1. The van der Waals surface area contributed by atoms with E-state index in [1.807, 2.05) is 61.5 Å². The number of nitrogens with one attached hydrogen (secondary N) is 1. The zero-order chi connectivity index (χ0) is 16.2. The minimum Gasteiger partial charge on any atom is -0.290 e. The highest BCUT2D eigenvalue weighted by Crippen LogP contribution is 2.29. The van der Waals surface area contributed by atoms with E-state index in [4.69, 9.17) is 12.2 Å². The van der Waals surface area contributed by atoms with Crippen molar-refractivity contribution in [3.63, 3.8) is 0 Å². The molecule has 1 fully saturated rings. The summed E-state index contributed by atoms with van der Waals surface area (Å²) in [4.78, 5) is 12.4. The van der Waals surface area contributed by atoms with Gasteiger partial charge >= 0.3 is 0 Å². The zero-order valence-electron chi connectivity index (χ0n) is 12.3. The first-order valence-electron chi connectivity index (χ1n) is 6.97. The first kappa shape index (κ1) is 15.6. The Hall–Kier alpha value is -2.25. The van der Waals surface area contributed by atoms with Crippen molar-refractivity contribution in [2.24, 2.45) is 10.2 Å². The van der Waals surface area contributed by atoms with E-state index < -0.39 is 5.37 Å². The Morgan fingerprint density at radius 1 is 1.13 bits per heavy atom. The van der Waals surface area contributed by atoms with E-state index in [9.17, 15) is 4.79 Å². The van der Waals surface area contributed by atoms with Gasteiger partial charge in [0.25, 0.3) is 5.91 Å². The number of rotatable bonds is 4. The van der Waals surface area contributed by atoms with Gasteiger partial charge in [0.15, 0.2) is 4.32 Å². The Kier molecular flexibility index (Phi) is 4.68. The molecule has 0 radical (unpaired) electrons. The maximum absolute atomic E-state index is 12.4. The maximum atomic E-state index is 12.4. The van der Waals surface area contributed by atoms with Gasteiger partial charge in [-0.25, -0.2) is 5.01 Å². The Balaban J connectivity index is 1.69. The van der Waals surface area contributed by atoms with E-state index >= 15 is 0 Å². The van der Waals surface area contributed by atoms with Crippen molar-refractivity contribution in [1.29, 1.82) is 0 Å². The number of hydrogen-bond acceptors (Lipinski definition) is 6. The fraction of sp³-hybridized carbons (Fsp3) is 0.125. The lowest BCUT2D eigenvalue weighted by Crippen LogP contribution is -2.35. The van der Waals surface area contributed by atoms with Crippen LogP contribution in [0.2, 0.25) is 0 Å². The van der Waals surface area contributed by atoms with Gasteiger partial charge < -0.3 is 0 Å². The topological polar surface area (TPSA) is 57.1 Å². The molecule has 2 aromatic rings. The van der Waals surface area contributed by atoms with Crippen LogP contribution < -0.4 is 5.43 Å². The van der Waals surface area contributed by atoms with E-state index in [0.29, 0.717) is 10.0 Å². The van der Waals surface area contributed by atoms with Crippen LogP contribution in [0.25, 0.3) is 0 Å². The monoisotopic (exact) mass is 342 g/mol. The number of aryl methyl sites for hydroxylation is 1. The number of amides is 1. The number of hydrazine groups is 1. The molecule has 1 N–H and O–H groups in total. The molecule has 0 bridgehead atoms. The van der Waals surface area contributed by atoms with E-state index in [-0.39, 0.29) is 5.91 Å². The summed E-state index contributed by atoms with van der Waals surface area (Å²) in [6.45, 7) is 2.00. The third kappa shape index (κ3) is 3.75. The van der Waals surface area contributed by atoms with E-state index in [1.54, 1.807) is 0 Å². The van der Waals surface area contributed by atoms with Crippen molar-refractivity contribution in [1.82, 2.24) is 5.01 Å². The Morgan fingerprint density at radius 2 is 1.83 bits per heavy atom. The van der Waals surface area contributed by atoms with Gasteiger partial charge in [-0.1, -0.05) is 59.9 Å². The maximum Gasteiger partial charge on any atom is 0.284 e. The molecule has 1 aliphatic rings. The lowest BCUT2D eigenvalue weighted by Gasteiger charge is -2.17. The fourth-order valence-corrected chi connectivity index (χ4v) is 3.09. The number of thioether (sulfide) groups is 1. The molecule has 23 heavy (non-hydrogen) atoms. The summed E-state index contributed by atoms with van der Waals surface area (Å²) in [5, 5.41) is 8.93. The molecule has 1 heterocycles. The highest BCUT2D eigenvalue weighted by Gasteiger charge is 2.37. The molecule has 0 saturated carbocycles. The molecule has 1 atom stereocenters. The van der Waals surface area contributed by atoms with Crippen molar-refractivity contribution in [3.05, 3.63) is 60.2 Å². The smallest absolute Gasteiger partial charge is 0.284 e. The van der Waals surface area contributed by atoms with Gasteiger partial charge in [0.2, 0.25) is 5.37 Å². The van der Waals surface area contributed by atoms with Crippen LogP contribution in [0.4, 0.5) is 11.4 Å². The summed E-state index contributed by atoms with van der Waals surface area (Å²) >= 11 is 6.45. The molecule has 1 aliphatic heterocycles. The molecule has 1 amide bonds. The molecule has 1 unspecified atom stereocenters. The Labute approximate surface area is 143 Å². The first-order chi connectivity index (χ1) is 11.1. The van der Waals surface area contributed by atoms with Crippen molar-refractivity contribution in [2.45, 2.75) is 12.3 Å². The van der Waals surface area contributed by atoms with Crippen LogP contribution in [0.3, 0.4) is 0 Å². The molecule has 3 rings (SSSR count). The highest BCUT2D eigenvalue weighted by molar-refractivity contribution is 8.24. The number of thiocarbonyl (C=S) groups is 1. The third-order valence-electron chi connectivity index (χ3n) is 3.15. The minimum atomic E-state index is -0.653. The van der Waals surface area contributed by atoms with E-state index in [0.717, 1.165) is 11.3 Å². The summed E-state index contributed by atoms with van der Waals surface area (Å²) in [5.41, 5.74) is 5.65. The lowest BCUT2D eigenvalue weighted by atomic mass is 10.2. The van der Waals surface area contributed by atoms with E-state index in [1.165, 1.54) is 16.8 Å². The molecule has 116 valence electrons. The summed E-state index contributed by atoms with van der Waals surface area (Å²) in [6.07, 6.45) is 0. The number of benzene rings is 2. The molecule has 7 heteroatoms. The van der Waals surface area contributed by atoms with Crippen LogP contribution in [0.15, 0.2) is 64.8 Å². The van der Waals surface area contributed by atoms with Crippen molar-refractivity contribution in [2.75, 3.05) is 5.43 Å². The second kappa shape index (κ2) is 6.89. The van der Waals surface area contributed by atoms with Gasteiger partial charge in [-0.3, -0.25) is 10.2 Å². The molecule has 1 saturated heterocycles. The highest BCUT2D eigenvalue weighted by atomic mass is 32.2. The van der Waals surface area contributed by atoms with Crippen LogP contribution in [0.5, 0.6) is 0 Å². The average Bonchev–Trinajstić information content (AvgIpc) is 2.83. The second-order valence-electron chi connectivity index (χ2n) is 4.94. The van der Waals surface area contributed by atoms with Crippen LogP contribution in [-0.2, 0) is 4.79 Å². The summed E-state index contributed by atoms with van der Waals surface area (Å²) in [5.74, 6) is -0.222. The number of anilines is 1. The van der Waals surface area contributed by atoms with Crippen LogP contribution in [-0.4, -0.2) is 20.6 Å². The lowest BCUT2D eigenvalue weighted by molar-refractivity contribution is -0.125. The van der Waals surface area contributed by atoms with Crippen LogP contribution in [0.1, 0.15) is 5.56 Å². The van der Waals surface area contributed by atoms with Gasteiger partial charge in [0.05, 0.1) is 11.4 Å². The van der Waals surface area contributed by atoms with Gasteiger partial charge in [0, 0.05) is 0 Å². The zero-order valence-corrected chi connectivity index (χ0v) is 14.0. The number of carbonyl (C=O) groups excluding carboxylic acids is 1. The quantitative estimate of drug-likeness (QED) is 0.665. The van der Waals surface area contributed by atoms with Crippen LogP contribution in [0, 0.1) is 6.92 Å². The van der Waals surface area contributed by atoms with Gasteiger partial charge in [0.1, 0.15) is 0 Å². The third-order valence-corrected chi connectivity index (χ3v) is 4.53. The molecule has 2 aromatic carbocycles. The number of azo groups is 1. The number of carbonyl (C=O) groups is 1. The Morgan fingerprint density at radius 3 is 2.52 bits per heavy atom. The van der Waals surface area contributed by atoms with Crippen molar-refractivity contribution < 1.29 is 4.79 Å². The van der Waals surface area contributed by atoms with Crippen molar-refractivity contribution in [3.8, 4) is 0 Å². The van der Waals surface area contributed by atoms with Crippen molar-refractivity contribution >= 4 is 45.6 Å². The molecule has 0 aliphatic carbocycles. The average molecular weight is 342 g/mol. The van der Waals surface area contributed by atoms with Gasteiger partial charge in [-0.05, 0) is 31.2 Å². The normalized spacial score (nSPS) is 18.0. The van der Waals surface area contributed by atoms with Gasteiger partial charge in [-0.15, -0.1) is 0 Å². The predicted octanol–water partition coefficient (Wildman–Crippen LogP) is 4.29. The standard InChI is InChI=1S/C16H14N4OS2/c1-11-7-9-12(10-8-11)17-18-14-15(21)20(16(22)23-14)19-13-5-3-2-4-6-13/h2-10,14,19H,1H3. The molecular formula is C16H14N4OS2. The predicted molar refractivity (Wildman–Crippen MR) is 96.6 cm³/mol. The van der Waals surface area contributed by atoms with Gasteiger partial charge in [-0.2, -0.15) is 10.2 Å². The Bertz CT molecular complexity index is 746. The number of nitrogens with zero attached hydrogens (tertiary/aromatic N) is 3. The van der Waals surface area contributed by atoms with Crippen LogP contribution >= 0.6 is 24.0 Å². The fourth-order valence-electron chi connectivity index (χ4n) is 1.95. The summed E-state index contributed by atoms with van der Waals surface area (Å²) < 4.78 is 0.437. The SMILES string of the molecule is Cc1ccc(N=NC2SC(=S)N(Nc3ccccc3)C2=O)cc1. The largest absolute Gasteiger partial charge is 0.290 e. The molecule has 5 nitrogen and oxygen atoms in total. The molecular weight excluding hydrogens is 328 g/mol. The van der Waals surface area contributed by atoms with E-state index in [2.05, 4.69) is 15.7 Å². The minimum absolute atomic E-state index is 0.222. The summed E-state index contributed by atoms with van der Waals surface area (Å²) in [6, 6.07) is 17.0. The second-order valence-corrected chi connectivity index (χ2v) is 6.65. The number of para-hydroxylation sites is 1. The molecule has 0 aromatic heterocycles. The summed E-state index contributed by atoms with van der Waals surface area (Å²) in [7, 11) is 0.